The molecule has 1 saturated heterocycles. The van der Waals surface area contributed by atoms with E-state index in [9.17, 15) is 19.2 Å². The number of benzene rings is 3. The molecule has 1 saturated carbocycles. The largest absolute Gasteiger partial charge is 0.497 e. The molecule has 2 aliphatic heterocycles. The molecule has 1 aliphatic carbocycles. The van der Waals surface area contributed by atoms with Gasteiger partial charge in [-0.25, -0.2) is 10.4 Å². The van der Waals surface area contributed by atoms with Gasteiger partial charge in [0.25, 0.3) is 5.91 Å². The van der Waals surface area contributed by atoms with Crippen molar-refractivity contribution in [2.45, 2.75) is 117 Å². The Balaban J connectivity index is 1.10. The SMILES string of the molecule is CCn1c(-c2cnccc2COC)c2c3cc(ccc31)-c1cccc(c1)C[C@H](NC(=O)[C@H](C(C)C)N(C)C(=O)[C@@H]1CC[C@@H](N=C=Nc3ccc(OC)cc3)C1)C(=O)N1CCC[C@H](N1)C(=O)OCC(C)(C)C2. The van der Waals surface area contributed by atoms with Crippen molar-refractivity contribution in [3.63, 3.8) is 0 Å². The second kappa shape index (κ2) is 22.2. The van der Waals surface area contributed by atoms with E-state index in [0.29, 0.717) is 63.9 Å². The summed E-state index contributed by atoms with van der Waals surface area (Å²) in [5.74, 6) is -1.29. The molecule has 3 amide bonds. The van der Waals surface area contributed by atoms with Crippen LogP contribution in [0.2, 0.25) is 0 Å². The molecule has 8 rings (SSSR count). The van der Waals surface area contributed by atoms with Crippen LogP contribution in [0.5, 0.6) is 5.75 Å². The van der Waals surface area contributed by atoms with Gasteiger partial charge in [0.05, 0.1) is 43.8 Å². The van der Waals surface area contributed by atoms with Gasteiger partial charge in [-0.1, -0.05) is 58.0 Å². The zero-order valence-electron chi connectivity index (χ0n) is 42.4. The van der Waals surface area contributed by atoms with Crippen LogP contribution in [0, 0.1) is 17.3 Å². The van der Waals surface area contributed by atoms with Gasteiger partial charge in [0, 0.05) is 73.9 Å². The Bertz CT molecular complexity index is 2810. The number of methoxy groups -OCH3 is 2. The third kappa shape index (κ3) is 11.4. The number of aromatic nitrogens is 2. The fourth-order valence-electron chi connectivity index (χ4n) is 10.6. The van der Waals surface area contributed by atoms with Crippen LogP contribution < -0.4 is 15.5 Å². The summed E-state index contributed by atoms with van der Waals surface area (Å²) in [5.41, 5.74) is 11.4. The maximum absolute atomic E-state index is 14.8. The number of carbonyl (C=O) groups is 4. The molecule has 5 aromatic rings. The van der Waals surface area contributed by atoms with Crippen molar-refractivity contribution in [3.05, 3.63) is 102 Å². The van der Waals surface area contributed by atoms with E-state index >= 15 is 0 Å². The minimum atomic E-state index is -1.03. The molecule has 2 N–H and O–H groups in total. The fourth-order valence-corrected chi connectivity index (χ4v) is 10.6. The minimum absolute atomic E-state index is 0.129. The van der Waals surface area contributed by atoms with E-state index in [-0.39, 0.29) is 42.7 Å². The van der Waals surface area contributed by atoms with E-state index in [1.807, 2.05) is 62.5 Å². The summed E-state index contributed by atoms with van der Waals surface area (Å²) >= 11 is 0. The van der Waals surface area contributed by atoms with Crippen molar-refractivity contribution in [2.24, 2.45) is 27.2 Å². The van der Waals surface area contributed by atoms with E-state index < -0.39 is 35.4 Å². The van der Waals surface area contributed by atoms with Crippen molar-refractivity contribution in [3.8, 4) is 28.1 Å². The number of aryl methyl sites for hydroxylation is 1. The number of pyridine rings is 1. The molecule has 0 radical (unpaired) electrons. The van der Waals surface area contributed by atoms with Crippen molar-refractivity contribution in [1.29, 1.82) is 0 Å². The molecule has 3 aromatic carbocycles. The zero-order chi connectivity index (χ0) is 50.4. The summed E-state index contributed by atoms with van der Waals surface area (Å²) < 4.78 is 19.4. The van der Waals surface area contributed by atoms with Gasteiger partial charge in [0.2, 0.25) is 11.8 Å². The van der Waals surface area contributed by atoms with Gasteiger partial charge < -0.3 is 29.0 Å². The maximum atomic E-state index is 14.8. The molecule has 71 heavy (non-hydrogen) atoms. The van der Waals surface area contributed by atoms with Crippen LogP contribution in [0.25, 0.3) is 33.3 Å². The number of aliphatic imine (C=N–C) groups is 2. The first-order chi connectivity index (χ1) is 34.2. The summed E-state index contributed by atoms with van der Waals surface area (Å²) in [7, 11) is 4.97. The molecule has 6 bridgehead atoms. The van der Waals surface area contributed by atoms with Crippen molar-refractivity contribution >= 4 is 46.3 Å². The highest BCUT2D eigenvalue weighted by atomic mass is 16.5. The number of hydrazine groups is 1. The lowest BCUT2D eigenvalue weighted by Gasteiger charge is -2.37. The second-order valence-corrected chi connectivity index (χ2v) is 20.3. The van der Waals surface area contributed by atoms with Crippen LogP contribution >= 0.6 is 0 Å². The minimum Gasteiger partial charge on any atom is -0.497 e. The molecule has 15 nitrogen and oxygen atoms in total. The third-order valence-electron chi connectivity index (χ3n) is 14.2. The Labute approximate surface area is 417 Å². The Morgan fingerprint density at radius 2 is 1.82 bits per heavy atom. The lowest BCUT2D eigenvalue weighted by Crippen LogP contribution is -2.62. The normalized spacial score (nSPS) is 20.7. The molecular weight excluding hydrogens is 897 g/mol. The number of amides is 3. The Hall–Kier alpha value is -6.67. The molecular formula is C56H68N8O7. The van der Waals surface area contributed by atoms with Crippen LogP contribution in [0.15, 0.2) is 95.2 Å². The first kappa shape index (κ1) is 50.7. The van der Waals surface area contributed by atoms with Crippen LogP contribution in [0.4, 0.5) is 5.69 Å². The number of rotatable bonds is 12. The molecule has 3 aliphatic rings. The molecule has 15 heteroatoms. The average molecular weight is 965 g/mol. The van der Waals surface area contributed by atoms with Gasteiger partial charge in [-0.3, -0.25) is 29.2 Å². The first-order valence-corrected chi connectivity index (χ1v) is 25.0. The maximum Gasteiger partial charge on any atom is 0.324 e. The molecule has 0 spiro atoms. The van der Waals surface area contributed by atoms with E-state index in [2.05, 4.69) is 87.4 Å². The highest BCUT2D eigenvalue weighted by Crippen LogP contribution is 2.41. The summed E-state index contributed by atoms with van der Waals surface area (Å²) in [6.07, 6.45) is 7.33. The zero-order valence-corrected chi connectivity index (χ0v) is 42.4. The van der Waals surface area contributed by atoms with Crippen molar-refractivity contribution in [1.82, 2.24) is 30.2 Å². The van der Waals surface area contributed by atoms with Gasteiger partial charge in [-0.05, 0) is 122 Å². The van der Waals surface area contributed by atoms with E-state index in [4.69, 9.17) is 14.2 Å². The topological polar surface area (TPSA) is 169 Å². The molecule has 0 unspecified atom stereocenters. The van der Waals surface area contributed by atoms with E-state index in [1.54, 1.807) is 27.5 Å². The van der Waals surface area contributed by atoms with Gasteiger partial charge >= 0.3 is 5.97 Å². The summed E-state index contributed by atoms with van der Waals surface area (Å²) in [4.78, 5) is 72.6. The van der Waals surface area contributed by atoms with Crippen molar-refractivity contribution in [2.75, 3.05) is 34.4 Å². The number of hydrogen-bond acceptors (Lipinski definition) is 11. The number of likely N-dealkylation sites (N-methyl/N-ethyl adjacent to an activating group) is 1. The smallest absolute Gasteiger partial charge is 0.324 e. The lowest BCUT2D eigenvalue weighted by atomic mass is 9.84. The quantitative estimate of drug-likeness (QED) is 0.0922. The molecule has 2 fully saturated rings. The van der Waals surface area contributed by atoms with Gasteiger partial charge in [0.15, 0.2) is 0 Å². The molecule has 5 atom stereocenters. The van der Waals surface area contributed by atoms with Gasteiger partial charge in [-0.15, -0.1) is 0 Å². The number of cyclic esters (lactones) is 1. The predicted molar refractivity (Wildman–Crippen MR) is 274 cm³/mol. The highest BCUT2D eigenvalue weighted by molar-refractivity contribution is 5.96. The third-order valence-corrected chi connectivity index (χ3v) is 14.2. The fraction of sp³-hybridized carbons (Fsp3) is 0.464. The van der Waals surface area contributed by atoms with Crippen LogP contribution in [-0.4, -0.2) is 108 Å². The standard InChI is InChI=1S/C56H68N8O7/c1-9-63-49-22-16-38-29-44(49)45(51(63)46-31-57-24-23-40(46)32-69-7)30-56(4,5)33-71-55(68)47-14-11-25-64(61-47)54(67)48(27-36-12-10-13-37(38)26-36)60-52(65)50(35(2)3)62(6)53(66)39-15-17-42(28-39)59-34-58-41-18-20-43(70-8)21-19-41/h10,12-13,16,18-24,26,29,31,35,39,42,47-48,50,61H,9,11,14-15,17,25,27-28,30,32-33H2,1-8H3,(H,60,65)/t39-,42-,47+,48+,50+/m1/s1. The first-order valence-electron chi connectivity index (χ1n) is 25.0. The van der Waals surface area contributed by atoms with Crippen LogP contribution in [0.3, 0.4) is 0 Å². The number of fused-ring (bicyclic) bond motifs is 6. The molecule has 2 aromatic heterocycles. The number of carbonyl (C=O) groups excluding carboxylic acids is 4. The average Bonchev–Trinajstić information content (AvgIpc) is 3.97. The number of hydrogen-bond donors (Lipinski definition) is 2. The van der Waals surface area contributed by atoms with Crippen LogP contribution in [-0.2, 0) is 54.6 Å². The Morgan fingerprint density at radius 1 is 1.03 bits per heavy atom. The number of esters is 1. The highest BCUT2D eigenvalue weighted by Gasteiger charge is 2.40. The number of nitrogens with one attached hydrogen (secondary N) is 2. The van der Waals surface area contributed by atoms with E-state index in [0.717, 1.165) is 55.7 Å². The summed E-state index contributed by atoms with van der Waals surface area (Å²) in [6, 6.07) is 23.9. The van der Waals surface area contributed by atoms with E-state index in [1.165, 1.54) is 9.91 Å². The van der Waals surface area contributed by atoms with Crippen LogP contribution in [0.1, 0.15) is 83.4 Å². The number of nitrogens with zero attached hydrogens (tertiary/aromatic N) is 6. The Kier molecular flexibility index (Phi) is 15.8. The molecule has 374 valence electrons. The van der Waals surface area contributed by atoms with Crippen molar-refractivity contribution < 1.29 is 33.4 Å². The second-order valence-electron chi connectivity index (χ2n) is 20.3. The summed E-state index contributed by atoms with van der Waals surface area (Å²) in [6.45, 7) is 11.8. The van der Waals surface area contributed by atoms with Gasteiger partial charge in [-0.2, -0.15) is 4.99 Å². The number of ether oxygens (including phenoxy) is 3. The van der Waals surface area contributed by atoms with Gasteiger partial charge in [0.1, 0.15) is 23.9 Å². The monoisotopic (exact) mass is 965 g/mol. The molecule has 4 heterocycles. The Morgan fingerprint density at radius 3 is 2.56 bits per heavy atom. The summed E-state index contributed by atoms with van der Waals surface area (Å²) in [5, 5.41) is 5.65. The predicted octanol–water partition coefficient (Wildman–Crippen LogP) is 8.35. The lowest BCUT2D eigenvalue weighted by molar-refractivity contribution is -0.155.